The van der Waals surface area contributed by atoms with Gasteiger partial charge in [0.05, 0.1) is 5.52 Å². The van der Waals surface area contributed by atoms with Crippen molar-refractivity contribution in [1.29, 1.82) is 0 Å². The lowest BCUT2D eigenvalue weighted by Crippen LogP contribution is -2.29. The molecule has 1 aromatic carbocycles. The number of fused-ring (bicyclic) bond motifs is 1. The normalized spacial score (nSPS) is 11.2. The van der Waals surface area contributed by atoms with Gasteiger partial charge in [-0.25, -0.2) is 4.98 Å². The maximum atomic E-state index is 5.88. The van der Waals surface area contributed by atoms with Gasteiger partial charge in [-0.05, 0) is 50.3 Å². The number of pyridine rings is 1. The Morgan fingerprint density at radius 2 is 1.85 bits per heavy atom. The van der Waals surface area contributed by atoms with Gasteiger partial charge in [-0.2, -0.15) is 0 Å². The van der Waals surface area contributed by atoms with E-state index in [1.807, 2.05) is 18.2 Å². The summed E-state index contributed by atoms with van der Waals surface area (Å²) in [5, 5.41) is 1.16. The highest BCUT2D eigenvalue weighted by atomic mass is 15.2. The van der Waals surface area contributed by atoms with Crippen molar-refractivity contribution >= 4 is 22.4 Å². The topological polar surface area (TPSA) is 45.4 Å². The number of benzene rings is 1. The third-order valence-electron chi connectivity index (χ3n) is 3.56. The summed E-state index contributed by atoms with van der Waals surface area (Å²) in [7, 11) is 6.26. The number of anilines is 2. The number of aryl methyl sites for hydroxylation is 1. The van der Waals surface area contributed by atoms with E-state index in [1.54, 1.807) is 0 Å². The summed E-state index contributed by atoms with van der Waals surface area (Å²) in [5.41, 5.74) is 9.00. The van der Waals surface area contributed by atoms with E-state index in [0.29, 0.717) is 0 Å². The Balaban J connectivity index is 2.38. The molecular formula is C16H24N4. The predicted octanol–water partition coefficient (Wildman–Crippen LogP) is 2.38. The maximum absolute atomic E-state index is 5.88. The summed E-state index contributed by atoms with van der Waals surface area (Å²) in [6.07, 6.45) is 0.983. The average Bonchev–Trinajstić information content (AvgIpc) is 2.43. The van der Waals surface area contributed by atoms with Gasteiger partial charge in [0.1, 0.15) is 5.82 Å². The van der Waals surface area contributed by atoms with E-state index >= 15 is 0 Å². The molecule has 0 saturated carbocycles. The Hall–Kier alpha value is -1.81. The van der Waals surface area contributed by atoms with Gasteiger partial charge in [-0.15, -0.1) is 0 Å². The van der Waals surface area contributed by atoms with E-state index in [0.717, 1.165) is 41.9 Å². The van der Waals surface area contributed by atoms with Crippen LogP contribution >= 0.6 is 0 Å². The van der Waals surface area contributed by atoms with Crippen molar-refractivity contribution < 1.29 is 0 Å². The van der Waals surface area contributed by atoms with E-state index in [-0.39, 0.29) is 0 Å². The van der Waals surface area contributed by atoms with Gasteiger partial charge in [0.25, 0.3) is 0 Å². The van der Waals surface area contributed by atoms with Gasteiger partial charge in [0, 0.05) is 31.2 Å². The zero-order valence-corrected chi connectivity index (χ0v) is 12.8. The van der Waals surface area contributed by atoms with Gasteiger partial charge in [-0.3, -0.25) is 0 Å². The summed E-state index contributed by atoms with van der Waals surface area (Å²) < 4.78 is 0. The van der Waals surface area contributed by atoms with Crippen molar-refractivity contribution in [2.24, 2.45) is 0 Å². The Morgan fingerprint density at radius 3 is 2.50 bits per heavy atom. The minimum Gasteiger partial charge on any atom is -0.399 e. The van der Waals surface area contributed by atoms with Crippen molar-refractivity contribution in [1.82, 2.24) is 9.88 Å². The Bertz CT molecular complexity index is 592. The zero-order valence-electron chi connectivity index (χ0n) is 12.8. The second-order valence-electron chi connectivity index (χ2n) is 5.49. The first-order valence-electron chi connectivity index (χ1n) is 7.06. The average molecular weight is 272 g/mol. The molecule has 0 amide bonds. The lowest BCUT2D eigenvalue weighted by atomic mass is 10.1. The molecule has 0 saturated heterocycles. The van der Waals surface area contributed by atoms with Crippen molar-refractivity contribution in [2.45, 2.75) is 13.3 Å². The largest absolute Gasteiger partial charge is 0.399 e. The van der Waals surface area contributed by atoms with Gasteiger partial charge in [0.15, 0.2) is 0 Å². The molecule has 0 spiro atoms. The maximum Gasteiger partial charge on any atom is 0.129 e. The van der Waals surface area contributed by atoms with Crippen LogP contribution < -0.4 is 10.6 Å². The van der Waals surface area contributed by atoms with Crippen LogP contribution in [0.1, 0.15) is 12.5 Å². The van der Waals surface area contributed by atoms with Crippen molar-refractivity contribution in [3.05, 3.63) is 29.8 Å². The number of likely N-dealkylation sites (N-methyl/N-ethyl adjacent to an activating group) is 2. The highest BCUT2D eigenvalue weighted by Gasteiger charge is 2.09. The Labute approximate surface area is 121 Å². The predicted molar refractivity (Wildman–Crippen MR) is 87.4 cm³/mol. The molecule has 4 heteroatoms. The molecule has 108 valence electrons. The summed E-state index contributed by atoms with van der Waals surface area (Å²) in [5.74, 6) is 1.03. The third kappa shape index (κ3) is 3.20. The molecule has 4 nitrogen and oxygen atoms in total. The lowest BCUT2D eigenvalue weighted by molar-refractivity contribution is 0.416. The van der Waals surface area contributed by atoms with E-state index < -0.39 is 0 Å². The standard InChI is InChI=1S/C16H24N4/c1-5-12-10-16(20(4)9-8-19(2)3)18-15-7-6-13(17)11-14(12)15/h6-7,10-11H,5,8-9,17H2,1-4H3. The molecule has 0 fully saturated rings. The van der Waals surface area contributed by atoms with E-state index in [1.165, 1.54) is 5.56 Å². The summed E-state index contributed by atoms with van der Waals surface area (Å²) >= 11 is 0. The smallest absolute Gasteiger partial charge is 0.129 e. The number of nitrogen functional groups attached to an aromatic ring is 1. The number of hydrogen-bond acceptors (Lipinski definition) is 4. The summed E-state index contributed by atoms with van der Waals surface area (Å²) in [6.45, 7) is 4.14. The van der Waals surface area contributed by atoms with E-state index in [2.05, 4.69) is 43.9 Å². The molecule has 0 bridgehead atoms. The summed E-state index contributed by atoms with van der Waals surface area (Å²) in [6, 6.07) is 8.12. The Kier molecular flexibility index (Phi) is 4.45. The van der Waals surface area contributed by atoms with Crippen LogP contribution in [0.3, 0.4) is 0 Å². The van der Waals surface area contributed by atoms with Crippen molar-refractivity contribution in [3.8, 4) is 0 Å². The molecule has 0 radical (unpaired) electrons. The quantitative estimate of drug-likeness (QED) is 0.849. The van der Waals surface area contributed by atoms with Crippen LogP contribution in [-0.4, -0.2) is 44.1 Å². The second-order valence-corrected chi connectivity index (χ2v) is 5.49. The number of hydrogen-bond donors (Lipinski definition) is 1. The van der Waals surface area contributed by atoms with Crippen LogP contribution in [0, 0.1) is 0 Å². The van der Waals surface area contributed by atoms with Crippen LogP contribution in [0.4, 0.5) is 11.5 Å². The van der Waals surface area contributed by atoms with Gasteiger partial charge < -0.3 is 15.5 Å². The molecule has 2 aromatic rings. The minimum absolute atomic E-state index is 0.794. The molecule has 0 aliphatic carbocycles. The molecule has 1 aromatic heterocycles. The minimum atomic E-state index is 0.794. The van der Waals surface area contributed by atoms with Crippen LogP contribution in [0.5, 0.6) is 0 Å². The van der Waals surface area contributed by atoms with Crippen LogP contribution in [0.25, 0.3) is 10.9 Å². The fraction of sp³-hybridized carbons (Fsp3) is 0.438. The molecule has 1 heterocycles. The summed E-state index contributed by atoms with van der Waals surface area (Å²) in [4.78, 5) is 9.14. The number of aromatic nitrogens is 1. The third-order valence-corrected chi connectivity index (χ3v) is 3.56. The highest BCUT2D eigenvalue weighted by Crippen LogP contribution is 2.24. The van der Waals surface area contributed by atoms with E-state index in [4.69, 9.17) is 10.7 Å². The molecule has 2 rings (SSSR count). The molecule has 0 aliphatic heterocycles. The van der Waals surface area contributed by atoms with Crippen LogP contribution in [0.15, 0.2) is 24.3 Å². The zero-order chi connectivity index (χ0) is 14.7. The first kappa shape index (κ1) is 14.6. The number of nitrogens with zero attached hydrogens (tertiary/aromatic N) is 3. The Morgan fingerprint density at radius 1 is 1.10 bits per heavy atom. The first-order chi connectivity index (χ1) is 9.51. The first-order valence-corrected chi connectivity index (χ1v) is 7.06. The molecular weight excluding hydrogens is 248 g/mol. The number of nitrogens with two attached hydrogens (primary N) is 1. The van der Waals surface area contributed by atoms with Crippen molar-refractivity contribution in [3.63, 3.8) is 0 Å². The molecule has 0 atom stereocenters. The van der Waals surface area contributed by atoms with Crippen molar-refractivity contribution in [2.75, 3.05) is 44.9 Å². The second kappa shape index (κ2) is 6.09. The van der Waals surface area contributed by atoms with Gasteiger partial charge in [0.2, 0.25) is 0 Å². The SMILES string of the molecule is CCc1cc(N(C)CCN(C)C)nc2ccc(N)cc12. The van der Waals surface area contributed by atoms with Crippen LogP contribution in [-0.2, 0) is 6.42 Å². The van der Waals surface area contributed by atoms with Gasteiger partial charge >= 0.3 is 0 Å². The fourth-order valence-electron chi connectivity index (χ4n) is 2.25. The number of rotatable bonds is 5. The fourth-order valence-corrected chi connectivity index (χ4v) is 2.25. The highest BCUT2D eigenvalue weighted by molar-refractivity contribution is 5.86. The van der Waals surface area contributed by atoms with Gasteiger partial charge in [-0.1, -0.05) is 6.92 Å². The lowest BCUT2D eigenvalue weighted by Gasteiger charge is -2.22. The van der Waals surface area contributed by atoms with Crippen LogP contribution in [0.2, 0.25) is 0 Å². The molecule has 0 aliphatic rings. The monoisotopic (exact) mass is 272 g/mol. The van der Waals surface area contributed by atoms with E-state index in [9.17, 15) is 0 Å². The molecule has 20 heavy (non-hydrogen) atoms. The molecule has 0 unspecified atom stereocenters. The molecule has 2 N–H and O–H groups in total.